The van der Waals surface area contributed by atoms with Gasteiger partial charge in [0, 0.05) is 16.7 Å². The maximum Gasteiger partial charge on any atom is 0.219 e. The Kier molecular flexibility index (Phi) is 2.96. The van der Waals surface area contributed by atoms with Gasteiger partial charge in [0.2, 0.25) is 10.3 Å². The zero-order valence-corrected chi connectivity index (χ0v) is 11.5. The molecule has 0 heterocycles. The van der Waals surface area contributed by atoms with E-state index in [0.717, 1.165) is 0 Å². The van der Waals surface area contributed by atoms with Gasteiger partial charge in [-0.2, -0.15) is 8.42 Å². The monoisotopic (exact) mass is 306 g/mol. The van der Waals surface area contributed by atoms with Gasteiger partial charge in [-0.25, -0.2) is 0 Å². The van der Waals surface area contributed by atoms with Crippen LogP contribution in [-0.2, 0) is 10.3 Å². The second-order valence-corrected chi connectivity index (χ2v) is 5.73. The van der Waals surface area contributed by atoms with E-state index in [-0.39, 0.29) is 32.9 Å². The molecule has 0 saturated carbocycles. The summed E-state index contributed by atoms with van der Waals surface area (Å²) in [6, 6.07) is 6.34. The van der Waals surface area contributed by atoms with E-state index in [1.807, 2.05) is 0 Å². The molecule has 0 N–H and O–H groups in total. The Balaban J connectivity index is 2.37. The molecule has 1 aromatic rings. The zero-order chi connectivity index (χ0) is 14.4. The number of hydrogen-bond donors (Lipinski definition) is 0. The summed E-state index contributed by atoms with van der Waals surface area (Å²) < 4.78 is 22.7. The summed E-state index contributed by atoms with van der Waals surface area (Å²) in [5, 5.41) is -0.936. The minimum Gasteiger partial charge on any atom is -0.289 e. The fourth-order valence-corrected chi connectivity index (χ4v) is 3.41. The second kappa shape index (κ2) is 4.54. The van der Waals surface area contributed by atoms with Crippen LogP contribution in [0.15, 0.2) is 47.6 Å². The number of ketones is 2. The van der Waals surface area contributed by atoms with Crippen molar-refractivity contribution in [1.29, 1.82) is 0 Å². The number of halogens is 1. The topological polar surface area (TPSA) is 68.3 Å². The van der Waals surface area contributed by atoms with E-state index in [2.05, 4.69) is 0 Å². The molecule has 0 radical (unpaired) electrons. The Hall–Kier alpha value is -1.98. The molecule has 1 unspecified atom stereocenters. The van der Waals surface area contributed by atoms with Crippen LogP contribution in [0.1, 0.15) is 20.7 Å². The van der Waals surface area contributed by atoms with Gasteiger partial charge >= 0.3 is 0 Å². The quantitative estimate of drug-likeness (QED) is 0.539. The molecule has 100 valence electrons. The van der Waals surface area contributed by atoms with Gasteiger partial charge < -0.3 is 0 Å². The molecule has 0 spiro atoms. The van der Waals surface area contributed by atoms with Crippen molar-refractivity contribution in [3.05, 3.63) is 58.7 Å². The minimum atomic E-state index is -2.66. The van der Waals surface area contributed by atoms with Crippen LogP contribution in [0.5, 0.6) is 0 Å². The van der Waals surface area contributed by atoms with Gasteiger partial charge in [-0.15, -0.1) is 11.6 Å². The minimum absolute atomic E-state index is 0.0878. The van der Waals surface area contributed by atoms with Gasteiger partial charge in [0.25, 0.3) is 0 Å². The van der Waals surface area contributed by atoms with Crippen molar-refractivity contribution in [2.75, 3.05) is 0 Å². The van der Waals surface area contributed by atoms with Crippen LogP contribution in [0.4, 0.5) is 0 Å². The Bertz CT molecular complexity index is 851. The fraction of sp³-hybridized carbons (Fsp3) is 0.0714. The number of benzene rings is 1. The summed E-state index contributed by atoms with van der Waals surface area (Å²) in [7, 11) is -2.66. The number of Topliss-reactive ketones (excluding diaryl/α,β-unsaturated/α-hetero) is 2. The Morgan fingerprint density at radius 3 is 2.20 bits per heavy atom. The lowest BCUT2D eigenvalue weighted by atomic mass is 9.80. The molecule has 0 aromatic heterocycles. The maximum absolute atomic E-state index is 12.5. The van der Waals surface area contributed by atoms with Crippen LogP contribution >= 0.6 is 11.6 Å². The standard InChI is InChI=1S/C14H7ClO4S/c15-10-6-5-9-11(14(10)20(18)19)13(17)8-4-2-1-3-7(8)12(9)16/h1-6,10H. The van der Waals surface area contributed by atoms with Gasteiger partial charge in [-0.05, 0) is 0 Å². The Morgan fingerprint density at radius 1 is 1.00 bits per heavy atom. The van der Waals surface area contributed by atoms with Crippen molar-refractivity contribution in [3.8, 4) is 0 Å². The van der Waals surface area contributed by atoms with Crippen LogP contribution in [0.3, 0.4) is 0 Å². The number of carbonyl (C=O) groups excluding carboxylic acids is 2. The number of allylic oxidation sites excluding steroid dienone is 4. The molecule has 1 aromatic carbocycles. The fourth-order valence-electron chi connectivity index (χ4n) is 2.38. The molecule has 6 heteroatoms. The third-order valence-electron chi connectivity index (χ3n) is 3.27. The number of rotatable bonds is 0. The summed E-state index contributed by atoms with van der Waals surface area (Å²) in [5.74, 6) is -0.845. The van der Waals surface area contributed by atoms with Crippen molar-refractivity contribution in [1.82, 2.24) is 0 Å². The maximum atomic E-state index is 12.5. The highest BCUT2D eigenvalue weighted by molar-refractivity contribution is 7.74. The lowest BCUT2D eigenvalue weighted by molar-refractivity contribution is 0.0982. The van der Waals surface area contributed by atoms with E-state index in [1.54, 1.807) is 18.2 Å². The van der Waals surface area contributed by atoms with Crippen molar-refractivity contribution in [2.24, 2.45) is 0 Å². The number of carbonyl (C=O) groups is 2. The van der Waals surface area contributed by atoms with E-state index < -0.39 is 21.5 Å². The molecular weight excluding hydrogens is 300 g/mol. The van der Waals surface area contributed by atoms with Gasteiger partial charge in [-0.1, -0.05) is 36.4 Å². The molecule has 1 atom stereocenters. The first-order valence-electron chi connectivity index (χ1n) is 5.74. The van der Waals surface area contributed by atoms with Gasteiger partial charge in [0.15, 0.2) is 11.6 Å². The van der Waals surface area contributed by atoms with Crippen molar-refractivity contribution >= 4 is 38.3 Å². The van der Waals surface area contributed by atoms with Crippen molar-refractivity contribution in [3.63, 3.8) is 0 Å². The lowest BCUT2D eigenvalue weighted by Crippen LogP contribution is -2.32. The first kappa shape index (κ1) is 13.0. The van der Waals surface area contributed by atoms with Crippen LogP contribution in [0, 0.1) is 0 Å². The second-order valence-electron chi connectivity index (χ2n) is 4.35. The molecule has 0 saturated heterocycles. The Morgan fingerprint density at radius 2 is 1.60 bits per heavy atom. The Labute approximate surface area is 120 Å². The van der Waals surface area contributed by atoms with Crippen LogP contribution in [0.2, 0.25) is 0 Å². The first-order chi connectivity index (χ1) is 9.52. The summed E-state index contributed by atoms with van der Waals surface area (Å²) in [5.41, 5.74) is 0.470. The normalized spacial score (nSPS) is 20.9. The predicted octanol–water partition coefficient (Wildman–Crippen LogP) is 1.59. The summed E-state index contributed by atoms with van der Waals surface area (Å²) in [4.78, 5) is 24.6. The first-order valence-corrected chi connectivity index (χ1v) is 7.25. The molecular formula is C14H7ClO4S. The summed E-state index contributed by atoms with van der Waals surface area (Å²) in [6.07, 6.45) is 2.81. The summed E-state index contributed by atoms with van der Waals surface area (Å²) in [6.45, 7) is 0. The highest BCUT2D eigenvalue weighted by Crippen LogP contribution is 2.32. The van der Waals surface area contributed by atoms with E-state index >= 15 is 0 Å². The van der Waals surface area contributed by atoms with Gasteiger partial charge in [0.1, 0.15) is 4.86 Å². The predicted molar refractivity (Wildman–Crippen MR) is 74.8 cm³/mol. The van der Waals surface area contributed by atoms with Crippen LogP contribution in [-0.4, -0.2) is 30.2 Å². The SMILES string of the molecule is O=C1C2=C(C(=O)c3ccccc31)C(=S(=O)=O)C(Cl)C=C2. The molecule has 0 fully saturated rings. The molecule has 20 heavy (non-hydrogen) atoms. The third kappa shape index (κ3) is 1.71. The molecule has 3 rings (SSSR count). The molecule has 0 bridgehead atoms. The number of fused-ring (bicyclic) bond motifs is 1. The highest BCUT2D eigenvalue weighted by Gasteiger charge is 2.37. The molecule has 2 aliphatic rings. The van der Waals surface area contributed by atoms with Crippen molar-refractivity contribution < 1.29 is 18.0 Å². The average molecular weight is 307 g/mol. The van der Waals surface area contributed by atoms with Crippen LogP contribution in [0.25, 0.3) is 0 Å². The van der Waals surface area contributed by atoms with Gasteiger partial charge in [-0.3, -0.25) is 9.59 Å². The smallest absolute Gasteiger partial charge is 0.219 e. The van der Waals surface area contributed by atoms with E-state index in [9.17, 15) is 18.0 Å². The third-order valence-corrected chi connectivity index (χ3v) is 4.58. The zero-order valence-electron chi connectivity index (χ0n) is 9.96. The molecule has 4 nitrogen and oxygen atoms in total. The lowest BCUT2D eigenvalue weighted by Gasteiger charge is -2.23. The van der Waals surface area contributed by atoms with E-state index in [1.165, 1.54) is 18.2 Å². The average Bonchev–Trinajstić information content (AvgIpc) is 2.44. The highest BCUT2D eigenvalue weighted by atomic mass is 35.5. The van der Waals surface area contributed by atoms with Crippen LogP contribution < -0.4 is 0 Å². The molecule has 0 amide bonds. The van der Waals surface area contributed by atoms with E-state index in [0.29, 0.717) is 0 Å². The largest absolute Gasteiger partial charge is 0.289 e. The van der Waals surface area contributed by atoms with Crippen molar-refractivity contribution in [2.45, 2.75) is 5.38 Å². The number of hydrogen-bond acceptors (Lipinski definition) is 4. The molecule has 0 aliphatic heterocycles. The summed E-state index contributed by atoms with van der Waals surface area (Å²) >= 11 is 5.92. The van der Waals surface area contributed by atoms with Gasteiger partial charge in [0.05, 0.1) is 11.0 Å². The molecule has 2 aliphatic carbocycles. The number of alkyl halides is 1. The van der Waals surface area contributed by atoms with E-state index in [4.69, 9.17) is 11.6 Å².